The minimum atomic E-state index is -3.86. The molecule has 0 atom stereocenters. The summed E-state index contributed by atoms with van der Waals surface area (Å²) in [5.74, 6) is 0.720. The first-order chi connectivity index (χ1) is 14.9. The first-order valence-electron chi connectivity index (χ1n) is 9.60. The summed E-state index contributed by atoms with van der Waals surface area (Å²) in [6, 6.07) is 20.5. The number of methoxy groups -OCH3 is 2. The molecule has 7 nitrogen and oxygen atoms in total. The molecule has 0 heterocycles. The Kier molecular flexibility index (Phi) is 7.15. The molecule has 31 heavy (non-hydrogen) atoms. The number of nitrogens with one attached hydrogen (secondary N) is 2. The molecule has 0 aliphatic rings. The van der Waals surface area contributed by atoms with Crippen LogP contribution in [0.2, 0.25) is 0 Å². The minimum absolute atomic E-state index is 0.0552. The highest BCUT2D eigenvalue weighted by atomic mass is 32.2. The third kappa shape index (κ3) is 5.99. The molecule has 3 rings (SSSR count). The van der Waals surface area contributed by atoms with E-state index in [0.29, 0.717) is 30.0 Å². The molecular formula is C23H24N2O5S. The maximum Gasteiger partial charge on any atom is 0.262 e. The number of anilines is 2. The molecule has 0 bridgehead atoms. The molecule has 0 radical (unpaired) electrons. The summed E-state index contributed by atoms with van der Waals surface area (Å²) in [7, 11) is -0.914. The standard InChI is InChI=1S/C23H24N2O5S/c1-29-19-11-14-22(30-2)21(16-19)25-31(27,28)20-12-9-18(10-13-20)24-23(26)15-8-17-6-4-3-5-7-17/h3-7,9-14,16,25H,8,15H2,1-2H3,(H,24,26). The molecule has 3 aromatic carbocycles. The van der Waals surface area contributed by atoms with Gasteiger partial charge in [-0.1, -0.05) is 30.3 Å². The van der Waals surface area contributed by atoms with Gasteiger partial charge >= 0.3 is 0 Å². The van der Waals surface area contributed by atoms with Crippen molar-refractivity contribution in [2.75, 3.05) is 24.3 Å². The van der Waals surface area contributed by atoms with E-state index in [0.717, 1.165) is 5.56 Å². The van der Waals surface area contributed by atoms with E-state index < -0.39 is 10.0 Å². The van der Waals surface area contributed by atoms with Crippen LogP contribution in [0.3, 0.4) is 0 Å². The Morgan fingerprint density at radius 3 is 2.26 bits per heavy atom. The van der Waals surface area contributed by atoms with Gasteiger partial charge in [-0.05, 0) is 48.4 Å². The van der Waals surface area contributed by atoms with Crippen molar-refractivity contribution >= 4 is 27.3 Å². The summed E-state index contributed by atoms with van der Waals surface area (Å²) in [5, 5.41) is 2.78. The van der Waals surface area contributed by atoms with Gasteiger partial charge in [0.05, 0.1) is 24.8 Å². The summed E-state index contributed by atoms with van der Waals surface area (Å²) < 4.78 is 38.4. The first-order valence-corrected chi connectivity index (χ1v) is 11.1. The van der Waals surface area contributed by atoms with E-state index in [1.165, 1.54) is 32.4 Å². The van der Waals surface area contributed by atoms with Crippen LogP contribution in [-0.4, -0.2) is 28.5 Å². The number of amides is 1. The second-order valence-electron chi connectivity index (χ2n) is 6.73. The average Bonchev–Trinajstić information content (AvgIpc) is 2.78. The Morgan fingerprint density at radius 2 is 1.61 bits per heavy atom. The molecule has 3 aromatic rings. The normalized spacial score (nSPS) is 10.9. The summed E-state index contributed by atoms with van der Waals surface area (Å²) in [6.07, 6.45) is 0.965. The Morgan fingerprint density at radius 1 is 0.903 bits per heavy atom. The maximum atomic E-state index is 12.8. The predicted molar refractivity (Wildman–Crippen MR) is 120 cm³/mol. The molecule has 0 aliphatic carbocycles. The summed E-state index contributed by atoms with van der Waals surface area (Å²) in [5.41, 5.74) is 1.87. The van der Waals surface area contributed by atoms with Crippen LogP contribution in [0.25, 0.3) is 0 Å². The van der Waals surface area contributed by atoms with Crippen LogP contribution in [0.1, 0.15) is 12.0 Å². The number of rotatable bonds is 9. The number of benzene rings is 3. The molecule has 0 unspecified atom stereocenters. The van der Waals surface area contributed by atoms with Crippen LogP contribution in [0.15, 0.2) is 77.7 Å². The van der Waals surface area contributed by atoms with Crippen molar-refractivity contribution in [2.45, 2.75) is 17.7 Å². The van der Waals surface area contributed by atoms with Crippen LogP contribution < -0.4 is 19.5 Å². The average molecular weight is 441 g/mol. The molecule has 8 heteroatoms. The van der Waals surface area contributed by atoms with Crippen molar-refractivity contribution in [3.8, 4) is 11.5 Å². The highest BCUT2D eigenvalue weighted by Crippen LogP contribution is 2.31. The van der Waals surface area contributed by atoms with Gasteiger partial charge in [0, 0.05) is 18.2 Å². The molecule has 0 saturated heterocycles. The highest BCUT2D eigenvalue weighted by Gasteiger charge is 2.17. The molecule has 0 fully saturated rings. The number of sulfonamides is 1. The third-order valence-electron chi connectivity index (χ3n) is 4.58. The number of ether oxygens (including phenoxy) is 2. The summed E-state index contributed by atoms with van der Waals surface area (Å²) >= 11 is 0. The molecule has 162 valence electrons. The van der Waals surface area contributed by atoms with Gasteiger partial charge in [0.1, 0.15) is 11.5 Å². The van der Waals surface area contributed by atoms with Crippen LogP contribution in [-0.2, 0) is 21.2 Å². The number of carbonyl (C=O) groups excluding carboxylic acids is 1. The van der Waals surface area contributed by atoms with E-state index in [1.807, 2.05) is 30.3 Å². The van der Waals surface area contributed by atoms with E-state index in [4.69, 9.17) is 9.47 Å². The smallest absolute Gasteiger partial charge is 0.262 e. The topological polar surface area (TPSA) is 93.7 Å². The lowest BCUT2D eigenvalue weighted by molar-refractivity contribution is -0.116. The highest BCUT2D eigenvalue weighted by molar-refractivity contribution is 7.92. The second-order valence-corrected chi connectivity index (χ2v) is 8.41. The number of hydrogen-bond donors (Lipinski definition) is 2. The SMILES string of the molecule is COc1ccc(OC)c(NS(=O)(=O)c2ccc(NC(=O)CCc3ccccc3)cc2)c1. The van der Waals surface area contributed by atoms with Gasteiger partial charge in [-0.2, -0.15) is 0 Å². The lowest BCUT2D eigenvalue weighted by Crippen LogP contribution is -2.15. The Labute approximate surface area is 182 Å². The van der Waals surface area contributed by atoms with Gasteiger partial charge in [-0.25, -0.2) is 8.42 Å². The second kappa shape index (κ2) is 9.99. The van der Waals surface area contributed by atoms with Gasteiger partial charge in [-0.3, -0.25) is 9.52 Å². The molecule has 2 N–H and O–H groups in total. The van der Waals surface area contributed by atoms with E-state index in [-0.39, 0.29) is 16.5 Å². The van der Waals surface area contributed by atoms with Crippen molar-refractivity contribution in [3.05, 3.63) is 78.4 Å². The van der Waals surface area contributed by atoms with E-state index >= 15 is 0 Å². The van der Waals surface area contributed by atoms with E-state index in [2.05, 4.69) is 10.0 Å². The summed E-state index contributed by atoms with van der Waals surface area (Å²) in [4.78, 5) is 12.2. The monoisotopic (exact) mass is 440 g/mol. The van der Waals surface area contributed by atoms with E-state index in [1.54, 1.807) is 24.3 Å². The molecule has 0 aromatic heterocycles. The lowest BCUT2D eigenvalue weighted by Gasteiger charge is -2.13. The maximum absolute atomic E-state index is 12.8. The Bertz CT molecular complexity index is 1130. The molecular weight excluding hydrogens is 416 g/mol. The van der Waals surface area contributed by atoms with Crippen LogP contribution in [0.5, 0.6) is 11.5 Å². The molecule has 0 aliphatic heterocycles. The fourth-order valence-corrected chi connectivity index (χ4v) is 4.00. The zero-order chi connectivity index (χ0) is 22.3. The van der Waals surface area contributed by atoms with Gasteiger partial charge in [-0.15, -0.1) is 0 Å². The Hall–Kier alpha value is -3.52. The van der Waals surface area contributed by atoms with E-state index in [9.17, 15) is 13.2 Å². The third-order valence-corrected chi connectivity index (χ3v) is 5.96. The van der Waals surface area contributed by atoms with Crippen LogP contribution in [0.4, 0.5) is 11.4 Å². The fraction of sp³-hybridized carbons (Fsp3) is 0.174. The van der Waals surface area contributed by atoms with Crippen molar-refractivity contribution in [1.29, 1.82) is 0 Å². The zero-order valence-electron chi connectivity index (χ0n) is 17.3. The number of hydrogen-bond acceptors (Lipinski definition) is 5. The molecule has 1 amide bonds. The molecule has 0 spiro atoms. The van der Waals surface area contributed by atoms with Crippen molar-refractivity contribution in [1.82, 2.24) is 0 Å². The van der Waals surface area contributed by atoms with Crippen LogP contribution >= 0.6 is 0 Å². The fourth-order valence-electron chi connectivity index (χ4n) is 2.94. The number of aryl methyl sites for hydroxylation is 1. The van der Waals surface area contributed by atoms with Crippen molar-refractivity contribution in [3.63, 3.8) is 0 Å². The van der Waals surface area contributed by atoms with Crippen molar-refractivity contribution < 1.29 is 22.7 Å². The van der Waals surface area contributed by atoms with Crippen LogP contribution in [0, 0.1) is 0 Å². The molecule has 0 saturated carbocycles. The van der Waals surface area contributed by atoms with Gasteiger partial charge in [0.15, 0.2) is 0 Å². The largest absolute Gasteiger partial charge is 0.497 e. The van der Waals surface area contributed by atoms with Gasteiger partial charge in [0.25, 0.3) is 10.0 Å². The minimum Gasteiger partial charge on any atom is -0.497 e. The quantitative estimate of drug-likeness (QED) is 0.523. The summed E-state index contributed by atoms with van der Waals surface area (Å²) in [6.45, 7) is 0. The zero-order valence-corrected chi connectivity index (χ0v) is 18.1. The first kappa shape index (κ1) is 22.2. The van der Waals surface area contributed by atoms with Gasteiger partial charge in [0.2, 0.25) is 5.91 Å². The predicted octanol–water partition coefficient (Wildman–Crippen LogP) is 4.08. The lowest BCUT2D eigenvalue weighted by atomic mass is 10.1. The van der Waals surface area contributed by atoms with Crippen molar-refractivity contribution in [2.24, 2.45) is 0 Å². The number of carbonyl (C=O) groups is 1. The van der Waals surface area contributed by atoms with Gasteiger partial charge < -0.3 is 14.8 Å². The Balaban J connectivity index is 1.65.